The molecule has 0 aromatic heterocycles. The summed E-state index contributed by atoms with van der Waals surface area (Å²) in [5.41, 5.74) is 0. The van der Waals surface area contributed by atoms with Gasteiger partial charge in [-0.05, 0) is 64.2 Å². The Kier molecular flexibility index (Phi) is 53.7. The summed E-state index contributed by atoms with van der Waals surface area (Å²) in [4.78, 5) is 23.3. The monoisotopic (exact) mass is 1060 g/mol. The van der Waals surface area contributed by atoms with Gasteiger partial charge < -0.3 is 19.8 Å². The first kappa shape index (κ1) is 71.7. The van der Waals surface area contributed by atoms with Gasteiger partial charge in [-0.2, -0.15) is 0 Å². The number of unbranched alkanes of at least 4 members (excludes halogenated alkanes) is 29. The molecule has 0 fully saturated rings. The van der Waals surface area contributed by atoms with E-state index in [0.29, 0.717) is 30.3 Å². The van der Waals surface area contributed by atoms with Crippen LogP contribution in [0.1, 0.15) is 271 Å². The van der Waals surface area contributed by atoms with Gasteiger partial charge in [0.2, 0.25) is 5.91 Å². The number of likely N-dealkylation sites (N-methyl/N-ethyl adjacent to an activating group) is 1. The van der Waals surface area contributed by atoms with E-state index < -0.39 is 20.0 Å². The molecule has 3 N–H and O–H groups in total. The fourth-order valence-electron chi connectivity index (χ4n) is 8.86. The Morgan fingerprint density at radius 1 is 0.473 bits per heavy atom. The summed E-state index contributed by atoms with van der Waals surface area (Å²) in [7, 11) is 1.57. The summed E-state index contributed by atoms with van der Waals surface area (Å²) in [6.07, 6.45) is 78.1. The number of rotatable bonds is 56. The van der Waals surface area contributed by atoms with Crippen molar-refractivity contribution in [3.63, 3.8) is 0 Å². The molecule has 9 heteroatoms. The minimum absolute atomic E-state index is 0.0596. The Labute approximate surface area is 458 Å². The summed E-state index contributed by atoms with van der Waals surface area (Å²) in [6, 6.07) is -0.799. The third kappa shape index (κ3) is 57.4. The maximum Gasteiger partial charge on any atom is 0.472 e. The Bertz CT molecular complexity index is 1480. The van der Waals surface area contributed by atoms with E-state index in [9.17, 15) is 19.4 Å². The predicted molar refractivity (Wildman–Crippen MR) is 323 cm³/mol. The van der Waals surface area contributed by atoms with Gasteiger partial charge in [0.1, 0.15) is 13.2 Å². The van der Waals surface area contributed by atoms with E-state index in [1.54, 1.807) is 0 Å². The van der Waals surface area contributed by atoms with Crippen LogP contribution in [0.5, 0.6) is 0 Å². The van der Waals surface area contributed by atoms with Crippen molar-refractivity contribution in [3.05, 3.63) is 85.1 Å². The second kappa shape index (κ2) is 55.4. The Hall–Kier alpha value is -2.32. The van der Waals surface area contributed by atoms with Crippen molar-refractivity contribution in [1.29, 1.82) is 0 Å². The lowest BCUT2D eigenvalue weighted by molar-refractivity contribution is -0.870. The lowest BCUT2D eigenvalue weighted by atomic mass is 10.0. The molecule has 0 aliphatic carbocycles. The molecule has 0 aromatic carbocycles. The highest BCUT2D eigenvalue weighted by atomic mass is 31.2. The molecule has 0 radical (unpaired) electrons. The molecule has 0 aromatic rings. The van der Waals surface area contributed by atoms with Gasteiger partial charge in [0, 0.05) is 6.42 Å². The van der Waals surface area contributed by atoms with E-state index in [4.69, 9.17) is 9.05 Å². The molecule has 3 unspecified atom stereocenters. The van der Waals surface area contributed by atoms with Gasteiger partial charge >= 0.3 is 7.82 Å². The molecular formula is C65H120N2O6P+. The number of hydrogen-bond acceptors (Lipinski definition) is 5. The van der Waals surface area contributed by atoms with Crippen LogP contribution in [0.2, 0.25) is 0 Å². The normalized spacial score (nSPS) is 14.4. The number of carbonyl (C=O) groups excluding carboxylic acids is 1. The second-order valence-corrected chi connectivity index (χ2v) is 23.5. The van der Waals surface area contributed by atoms with E-state index in [1.165, 1.54) is 167 Å². The van der Waals surface area contributed by atoms with Crippen LogP contribution in [0.4, 0.5) is 0 Å². The van der Waals surface area contributed by atoms with Gasteiger partial charge in [-0.1, -0.05) is 285 Å². The number of carbonyl (C=O) groups is 1. The SMILES string of the molecule is CC/C=C\C/C=C\C/C=C\C/C=C\C/C=C\C/C=C\C/C=C\CCCC(=O)NC(COP(=O)(O)OCC[N+](C)(C)C)C(O)CCCCCCCCCCCCCCCCCCCCCCCCCCCCCCC. The van der Waals surface area contributed by atoms with Crippen molar-refractivity contribution in [3.8, 4) is 0 Å². The highest BCUT2D eigenvalue weighted by Gasteiger charge is 2.28. The molecule has 74 heavy (non-hydrogen) atoms. The second-order valence-electron chi connectivity index (χ2n) is 22.1. The summed E-state index contributed by atoms with van der Waals surface area (Å²) >= 11 is 0. The number of phosphoric ester groups is 1. The number of nitrogens with zero attached hydrogens (tertiary/aromatic N) is 1. The van der Waals surface area contributed by atoms with E-state index in [2.05, 4.69) is 104 Å². The molecular weight excluding hydrogens is 936 g/mol. The quantitative estimate of drug-likeness (QED) is 0.0243. The zero-order valence-electron chi connectivity index (χ0n) is 49.1. The third-order valence-corrected chi connectivity index (χ3v) is 14.6. The van der Waals surface area contributed by atoms with Crippen LogP contribution in [0, 0.1) is 0 Å². The maximum absolute atomic E-state index is 13.0. The molecule has 3 atom stereocenters. The summed E-state index contributed by atoms with van der Waals surface area (Å²) in [5.74, 6) is -0.202. The zero-order valence-corrected chi connectivity index (χ0v) is 50.0. The third-order valence-electron chi connectivity index (χ3n) is 13.7. The first-order chi connectivity index (χ1) is 36.0. The molecule has 0 aliphatic heterocycles. The molecule has 0 saturated heterocycles. The summed E-state index contributed by atoms with van der Waals surface area (Å²) in [5, 5.41) is 14.1. The summed E-state index contributed by atoms with van der Waals surface area (Å²) < 4.78 is 23.8. The number of amides is 1. The number of aliphatic hydroxyl groups is 1. The average molecular weight is 1060 g/mol. The van der Waals surface area contributed by atoms with Crippen LogP contribution in [0.15, 0.2) is 85.1 Å². The zero-order chi connectivity index (χ0) is 54.2. The van der Waals surface area contributed by atoms with Crippen LogP contribution in [-0.2, 0) is 18.4 Å². The van der Waals surface area contributed by atoms with Crippen molar-refractivity contribution < 1.29 is 32.9 Å². The summed E-state index contributed by atoms with van der Waals surface area (Å²) in [6.45, 7) is 4.75. The van der Waals surface area contributed by atoms with Gasteiger partial charge in [-0.3, -0.25) is 13.8 Å². The van der Waals surface area contributed by atoms with Gasteiger partial charge in [0.25, 0.3) is 0 Å². The minimum Gasteiger partial charge on any atom is -0.391 e. The molecule has 0 aliphatic rings. The topological polar surface area (TPSA) is 105 Å². The molecule has 8 nitrogen and oxygen atoms in total. The molecule has 0 rings (SSSR count). The van der Waals surface area contributed by atoms with E-state index in [-0.39, 0.29) is 19.1 Å². The van der Waals surface area contributed by atoms with Crippen molar-refractivity contribution >= 4 is 13.7 Å². The van der Waals surface area contributed by atoms with Crippen LogP contribution in [-0.4, -0.2) is 73.4 Å². The predicted octanol–water partition coefficient (Wildman–Crippen LogP) is 19.2. The highest BCUT2D eigenvalue weighted by molar-refractivity contribution is 7.47. The van der Waals surface area contributed by atoms with E-state index >= 15 is 0 Å². The van der Waals surface area contributed by atoms with E-state index in [0.717, 1.165) is 70.6 Å². The van der Waals surface area contributed by atoms with Crippen molar-refractivity contribution in [2.75, 3.05) is 40.9 Å². The minimum atomic E-state index is -4.35. The van der Waals surface area contributed by atoms with Crippen molar-refractivity contribution in [2.45, 2.75) is 283 Å². The number of aliphatic hydroxyl groups excluding tert-OH is 1. The van der Waals surface area contributed by atoms with Gasteiger partial charge in [-0.25, -0.2) is 4.57 Å². The van der Waals surface area contributed by atoms with Crippen LogP contribution in [0.25, 0.3) is 0 Å². The van der Waals surface area contributed by atoms with Crippen LogP contribution >= 0.6 is 7.82 Å². The van der Waals surface area contributed by atoms with Gasteiger partial charge in [0.15, 0.2) is 0 Å². The molecule has 1 amide bonds. The number of hydrogen-bond donors (Lipinski definition) is 3. The highest BCUT2D eigenvalue weighted by Crippen LogP contribution is 2.43. The van der Waals surface area contributed by atoms with Gasteiger partial charge in [-0.15, -0.1) is 0 Å². The fourth-order valence-corrected chi connectivity index (χ4v) is 9.60. The maximum atomic E-state index is 13.0. The van der Waals surface area contributed by atoms with E-state index in [1.807, 2.05) is 21.1 Å². The van der Waals surface area contributed by atoms with Gasteiger partial charge in [0.05, 0.1) is 39.9 Å². The molecule has 0 heterocycles. The largest absolute Gasteiger partial charge is 0.472 e. The molecule has 0 saturated carbocycles. The number of nitrogens with one attached hydrogen (secondary N) is 1. The number of allylic oxidation sites excluding steroid dienone is 14. The first-order valence-corrected chi connectivity index (χ1v) is 32.4. The molecule has 430 valence electrons. The number of quaternary nitrogens is 1. The smallest absolute Gasteiger partial charge is 0.391 e. The van der Waals surface area contributed by atoms with Crippen molar-refractivity contribution in [1.82, 2.24) is 5.32 Å². The Balaban J connectivity index is 4.20. The number of phosphoric acid groups is 1. The molecule has 0 bridgehead atoms. The van der Waals surface area contributed by atoms with Crippen LogP contribution in [0.3, 0.4) is 0 Å². The first-order valence-electron chi connectivity index (χ1n) is 31.0. The van der Waals surface area contributed by atoms with Crippen molar-refractivity contribution in [2.24, 2.45) is 0 Å². The Morgan fingerprint density at radius 2 is 0.797 bits per heavy atom. The fraction of sp³-hybridized carbons (Fsp3) is 0.769. The van der Waals surface area contributed by atoms with Crippen LogP contribution < -0.4 is 5.32 Å². The average Bonchev–Trinajstić information content (AvgIpc) is 3.36. The lowest BCUT2D eigenvalue weighted by Gasteiger charge is -2.26. The lowest BCUT2D eigenvalue weighted by Crippen LogP contribution is -2.46. The Morgan fingerprint density at radius 3 is 1.14 bits per heavy atom. The molecule has 0 spiro atoms. The standard InChI is InChI=1S/C65H119N2O6P/c1-6-8-10-12-14-16-18-20-22-24-26-28-30-31-32-33-34-35-37-38-40-42-44-46-48-50-52-54-56-58-64(68)63(62-73-74(70,71)72-61-60-67(3,4)5)66-65(69)59-57-55-53-51-49-47-45-43-41-39-36-29-27-25-23-21-19-17-15-13-11-9-7-2/h9,11,15,17,21,23,27,29,39,41,45,47,51,53,63-64,68H,6-8,10,12-14,16,18-20,22,24-26,28,30-38,40,42-44,46,48-50,52,54-62H2,1-5H3,(H-,66,69,70,71)/p+1/b11-9-,17-15-,23-21-,29-27-,41-39-,47-45-,53-51-.